The van der Waals surface area contributed by atoms with Crippen molar-refractivity contribution in [2.24, 2.45) is 0 Å². The molecule has 11 heteroatoms. The van der Waals surface area contributed by atoms with E-state index in [-0.39, 0.29) is 49.5 Å². The van der Waals surface area contributed by atoms with Crippen LogP contribution in [0, 0.1) is 0 Å². The van der Waals surface area contributed by atoms with Crippen molar-refractivity contribution in [2.45, 2.75) is 31.1 Å². The fourth-order valence-corrected chi connectivity index (χ4v) is 4.40. The van der Waals surface area contributed by atoms with Crippen LogP contribution >= 0.6 is 0 Å². The number of carbonyl (C=O) groups is 1. The number of aromatic nitrogens is 2. The van der Waals surface area contributed by atoms with Crippen LogP contribution in [0.4, 0.5) is 30.6 Å². The predicted octanol–water partition coefficient (Wildman–Crippen LogP) is 3.66. The van der Waals surface area contributed by atoms with Crippen LogP contribution in [0.3, 0.4) is 0 Å². The highest BCUT2D eigenvalue weighted by Crippen LogP contribution is 2.53. The Hall–Kier alpha value is -2.92. The van der Waals surface area contributed by atoms with E-state index in [9.17, 15) is 18.0 Å². The highest BCUT2D eigenvalue weighted by molar-refractivity contribution is 5.80. The first kappa shape index (κ1) is 22.3. The van der Waals surface area contributed by atoms with Gasteiger partial charge in [-0.05, 0) is 36.1 Å². The van der Waals surface area contributed by atoms with E-state index in [2.05, 4.69) is 20.6 Å². The first-order chi connectivity index (χ1) is 15.3. The Bertz CT molecular complexity index is 1000. The van der Waals surface area contributed by atoms with Gasteiger partial charge in [-0.3, -0.25) is 4.79 Å². The Morgan fingerprint density at radius 2 is 1.94 bits per heavy atom. The van der Waals surface area contributed by atoms with Crippen LogP contribution in [0.25, 0.3) is 0 Å². The lowest BCUT2D eigenvalue weighted by Crippen LogP contribution is -2.30. The van der Waals surface area contributed by atoms with E-state index in [1.807, 2.05) is 23.1 Å². The predicted molar refractivity (Wildman–Crippen MR) is 111 cm³/mol. The second-order valence-electron chi connectivity index (χ2n) is 7.68. The second kappa shape index (κ2) is 8.91. The summed E-state index contributed by atoms with van der Waals surface area (Å²) in [4.78, 5) is 22.2. The average molecular weight is 451 g/mol. The van der Waals surface area contributed by atoms with Gasteiger partial charge < -0.3 is 25.0 Å². The summed E-state index contributed by atoms with van der Waals surface area (Å²) in [6.07, 6.45) is -2.07. The van der Waals surface area contributed by atoms with E-state index in [1.54, 1.807) is 0 Å². The third-order valence-corrected chi connectivity index (χ3v) is 5.69. The maximum atomic E-state index is 13.3. The molecule has 1 aromatic heterocycles. The SMILES string of the molecule is COCCNc1nc(Nc2ccc3c(c2)[C@H]2CC[C@@H]3N2C(=O)COC)ncc1C(F)(F)F. The number of hydrogen-bond acceptors (Lipinski definition) is 7. The summed E-state index contributed by atoms with van der Waals surface area (Å²) in [5.74, 6) is -0.333. The van der Waals surface area contributed by atoms with Crippen molar-refractivity contribution in [3.05, 3.63) is 41.1 Å². The minimum Gasteiger partial charge on any atom is -0.383 e. The molecule has 32 heavy (non-hydrogen) atoms. The number of anilines is 3. The molecule has 0 spiro atoms. The summed E-state index contributed by atoms with van der Waals surface area (Å²) in [7, 11) is 2.96. The normalized spacial score (nSPS) is 19.2. The van der Waals surface area contributed by atoms with Gasteiger partial charge in [-0.2, -0.15) is 18.2 Å². The van der Waals surface area contributed by atoms with Gasteiger partial charge in [0.25, 0.3) is 0 Å². The fraction of sp³-hybridized carbons (Fsp3) is 0.476. The zero-order valence-corrected chi connectivity index (χ0v) is 17.7. The number of nitrogens with one attached hydrogen (secondary N) is 2. The van der Waals surface area contributed by atoms with Gasteiger partial charge in [0, 0.05) is 32.6 Å². The van der Waals surface area contributed by atoms with E-state index in [0.717, 1.165) is 30.2 Å². The number of carbonyl (C=O) groups excluding carboxylic acids is 1. The number of fused-ring (bicyclic) bond motifs is 5. The van der Waals surface area contributed by atoms with Crippen LogP contribution in [0.1, 0.15) is 41.6 Å². The van der Waals surface area contributed by atoms with Crippen molar-refractivity contribution >= 4 is 23.4 Å². The topological polar surface area (TPSA) is 88.6 Å². The van der Waals surface area contributed by atoms with E-state index in [0.29, 0.717) is 5.69 Å². The minimum absolute atomic E-state index is 0.0285. The number of rotatable bonds is 8. The number of hydrogen-bond donors (Lipinski definition) is 2. The first-order valence-corrected chi connectivity index (χ1v) is 10.2. The summed E-state index contributed by atoms with van der Waals surface area (Å²) in [6.45, 7) is 0.434. The van der Waals surface area contributed by atoms with Crippen LogP contribution in [0.15, 0.2) is 24.4 Å². The maximum Gasteiger partial charge on any atom is 0.421 e. The Kier molecular flexibility index (Phi) is 6.20. The molecule has 2 aliphatic rings. The van der Waals surface area contributed by atoms with E-state index < -0.39 is 11.7 Å². The van der Waals surface area contributed by atoms with Crippen LogP contribution in [0.2, 0.25) is 0 Å². The smallest absolute Gasteiger partial charge is 0.383 e. The molecule has 4 rings (SSSR count). The molecular weight excluding hydrogens is 427 g/mol. The lowest BCUT2D eigenvalue weighted by Gasteiger charge is -2.22. The summed E-state index contributed by atoms with van der Waals surface area (Å²) in [6, 6.07) is 5.67. The molecule has 2 atom stereocenters. The molecule has 1 amide bonds. The highest BCUT2D eigenvalue weighted by atomic mass is 19.4. The van der Waals surface area contributed by atoms with Gasteiger partial charge in [0.05, 0.1) is 18.7 Å². The number of benzene rings is 1. The van der Waals surface area contributed by atoms with Crippen LogP contribution in [-0.4, -0.2) is 54.8 Å². The second-order valence-corrected chi connectivity index (χ2v) is 7.68. The molecule has 2 aromatic rings. The van der Waals surface area contributed by atoms with Gasteiger partial charge in [-0.15, -0.1) is 0 Å². The largest absolute Gasteiger partial charge is 0.421 e. The van der Waals surface area contributed by atoms with E-state index >= 15 is 0 Å². The molecule has 172 valence electrons. The van der Waals surface area contributed by atoms with Crippen molar-refractivity contribution in [3.8, 4) is 0 Å². The number of halogens is 3. The molecule has 8 nitrogen and oxygen atoms in total. The molecule has 0 unspecified atom stereocenters. The lowest BCUT2D eigenvalue weighted by molar-refractivity contribution is -0.138. The Morgan fingerprint density at radius 3 is 2.62 bits per heavy atom. The highest BCUT2D eigenvalue weighted by Gasteiger charge is 2.46. The van der Waals surface area contributed by atoms with Crippen molar-refractivity contribution in [3.63, 3.8) is 0 Å². The molecule has 3 heterocycles. The number of methoxy groups -OCH3 is 2. The third kappa shape index (κ3) is 4.22. The monoisotopic (exact) mass is 451 g/mol. The van der Waals surface area contributed by atoms with Crippen LogP contribution < -0.4 is 10.6 Å². The Morgan fingerprint density at radius 1 is 1.19 bits per heavy atom. The first-order valence-electron chi connectivity index (χ1n) is 10.2. The Balaban J connectivity index is 1.56. The maximum absolute atomic E-state index is 13.3. The Labute approximate surface area is 183 Å². The van der Waals surface area contributed by atoms with Crippen molar-refractivity contribution < 1.29 is 27.4 Å². The van der Waals surface area contributed by atoms with Gasteiger partial charge >= 0.3 is 6.18 Å². The number of amides is 1. The lowest BCUT2D eigenvalue weighted by atomic mass is 9.91. The van der Waals surface area contributed by atoms with Crippen molar-refractivity contribution in [1.29, 1.82) is 0 Å². The van der Waals surface area contributed by atoms with Gasteiger partial charge in [0.2, 0.25) is 11.9 Å². The molecule has 1 aromatic carbocycles. The molecule has 2 aliphatic heterocycles. The number of nitrogens with zero attached hydrogens (tertiary/aromatic N) is 3. The minimum atomic E-state index is -4.58. The average Bonchev–Trinajstić information content (AvgIpc) is 3.30. The zero-order valence-electron chi connectivity index (χ0n) is 17.7. The van der Waals surface area contributed by atoms with Gasteiger partial charge in [0.1, 0.15) is 18.0 Å². The van der Waals surface area contributed by atoms with Gasteiger partial charge in [0.15, 0.2) is 0 Å². The molecular formula is C21H24F3N5O3. The van der Waals surface area contributed by atoms with Crippen LogP contribution in [0.5, 0.6) is 0 Å². The molecule has 1 fully saturated rings. The molecule has 0 radical (unpaired) electrons. The molecule has 1 saturated heterocycles. The van der Waals surface area contributed by atoms with E-state index in [1.165, 1.54) is 14.2 Å². The number of alkyl halides is 3. The van der Waals surface area contributed by atoms with E-state index in [4.69, 9.17) is 9.47 Å². The molecule has 0 aliphatic carbocycles. The summed E-state index contributed by atoms with van der Waals surface area (Å²) >= 11 is 0. The summed E-state index contributed by atoms with van der Waals surface area (Å²) in [5, 5.41) is 5.63. The molecule has 2 bridgehead atoms. The quantitative estimate of drug-likeness (QED) is 0.592. The van der Waals surface area contributed by atoms with Crippen molar-refractivity contribution in [1.82, 2.24) is 14.9 Å². The third-order valence-electron chi connectivity index (χ3n) is 5.69. The summed E-state index contributed by atoms with van der Waals surface area (Å²) < 4.78 is 49.8. The standard InChI is InChI=1S/C21H24F3N5O3/c1-31-8-7-25-19-15(21(22,23)24)10-26-20(28-19)27-12-3-4-13-14(9-12)17-6-5-16(13)29(17)18(30)11-32-2/h3-4,9-10,16-17H,5-8,11H2,1-2H3,(H2,25,26,27,28)/t16-,17+/m0/s1. The number of ether oxygens (including phenoxy) is 2. The molecule has 2 N–H and O–H groups in total. The van der Waals surface area contributed by atoms with Crippen molar-refractivity contribution in [2.75, 3.05) is 44.6 Å². The molecule has 0 saturated carbocycles. The van der Waals surface area contributed by atoms with Gasteiger partial charge in [-0.25, -0.2) is 4.98 Å². The summed E-state index contributed by atoms with van der Waals surface area (Å²) in [5.41, 5.74) is 1.81. The van der Waals surface area contributed by atoms with Crippen LogP contribution in [-0.2, 0) is 20.4 Å². The zero-order chi connectivity index (χ0) is 22.9. The van der Waals surface area contributed by atoms with Gasteiger partial charge in [-0.1, -0.05) is 6.07 Å². The fourth-order valence-electron chi connectivity index (χ4n) is 4.40.